The predicted molar refractivity (Wildman–Crippen MR) is 216 cm³/mol. The molecule has 242 valence electrons. The topological polar surface area (TPSA) is 8.17 Å². The minimum absolute atomic E-state index is 0.0861. The molecule has 2 nitrogen and oxygen atoms in total. The summed E-state index contributed by atoms with van der Waals surface area (Å²) in [6.45, 7) is 0.667. The van der Waals surface area contributed by atoms with Crippen LogP contribution >= 0.6 is 0 Å². The van der Waals surface area contributed by atoms with Crippen LogP contribution in [0.4, 0.5) is 17.1 Å². The summed E-state index contributed by atoms with van der Waals surface area (Å²) in [5, 5.41) is 2.07. The zero-order valence-electron chi connectivity index (χ0n) is 31.9. The molecule has 1 heterocycles. The molecule has 8 aromatic carbocycles. The van der Waals surface area contributed by atoms with E-state index >= 15 is 0 Å². The Bertz CT molecular complexity index is 2800. The number of anilines is 3. The van der Waals surface area contributed by atoms with Crippen LogP contribution in [0.25, 0.3) is 55.2 Å². The zero-order valence-corrected chi connectivity index (χ0v) is 27.9. The third-order valence-corrected chi connectivity index (χ3v) is 9.50. The smallest absolute Gasteiger partial charge is 0.0645 e. The average Bonchev–Trinajstić information content (AvgIpc) is 3.55. The van der Waals surface area contributed by atoms with E-state index < -0.39 is 0 Å². The molecule has 2 heteroatoms. The number of rotatable bonds is 8. The maximum atomic E-state index is 9.44. The maximum absolute atomic E-state index is 9.44. The van der Waals surface area contributed by atoms with Gasteiger partial charge in [-0.05, 0) is 99.6 Å². The normalized spacial score (nSPS) is 12.3. The SMILES string of the molecule is [2H]c1c([2H])c(N(c2ccccc2)c2cccc(-c3ccccc3)c2)c([2H])c([2H])c1-c1ccc2c(c1)c1ccccc1n2Cc1cccc(-c2ccccc2)c1. The second kappa shape index (κ2) is 13.3. The fourth-order valence-electron chi connectivity index (χ4n) is 7.04. The van der Waals surface area contributed by atoms with Crippen molar-refractivity contribution >= 4 is 38.9 Å². The Morgan fingerprint density at radius 3 is 1.65 bits per heavy atom. The first kappa shape index (κ1) is 26.3. The van der Waals surface area contributed by atoms with Crippen LogP contribution in [0.2, 0.25) is 0 Å². The van der Waals surface area contributed by atoms with Crippen LogP contribution in [-0.2, 0) is 6.54 Å². The lowest BCUT2D eigenvalue weighted by Gasteiger charge is -2.26. The highest BCUT2D eigenvalue weighted by Gasteiger charge is 2.15. The number of hydrogen-bond acceptors (Lipinski definition) is 1. The van der Waals surface area contributed by atoms with E-state index in [0.29, 0.717) is 12.1 Å². The highest BCUT2D eigenvalue weighted by Crippen LogP contribution is 2.38. The molecule has 0 aliphatic carbocycles. The molecule has 0 saturated carbocycles. The molecule has 9 rings (SSSR count). The van der Waals surface area contributed by atoms with E-state index in [2.05, 4.69) is 71.3 Å². The molecule has 0 N–H and O–H groups in total. The molecule has 0 fully saturated rings. The number of fused-ring (bicyclic) bond motifs is 3. The van der Waals surface area contributed by atoms with Crippen LogP contribution < -0.4 is 4.90 Å². The first-order valence-electron chi connectivity index (χ1n) is 19.2. The van der Waals surface area contributed by atoms with Crippen LogP contribution in [0.5, 0.6) is 0 Å². The summed E-state index contributed by atoms with van der Waals surface area (Å²) in [7, 11) is 0. The van der Waals surface area contributed by atoms with Gasteiger partial charge in [0.1, 0.15) is 0 Å². The van der Waals surface area contributed by atoms with Gasteiger partial charge in [0.25, 0.3) is 0 Å². The standard InChI is InChI=1S/C49H36N2/c1-4-15-37(16-5-1)40-19-12-14-36(32-40)35-50-48-25-11-10-24-46(48)47-34-42(28-31-49(47)50)39-26-29-44(30-27-39)51(43-21-8-3-9-22-43)45-23-13-20-41(33-45)38-17-6-2-7-18-38/h1-34H,35H2/i26D,27D,29D,30D. The van der Waals surface area contributed by atoms with Crippen molar-refractivity contribution in [2.24, 2.45) is 0 Å². The van der Waals surface area contributed by atoms with E-state index in [1.54, 1.807) is 0 Å². The van der Waals surface area contributed by atoms with Crippen LogP contribution in [-0.4, -0.2) is 4.57 Å². The third-order valence-electron chi connectivity index (χ3n) is 9.50. The first-order valence-corrected chi connectivity index (χ1v) is 17.2. The summed E-state index contributed by atoms with van der Waals surface area (Å²) in [6.07, 6.45) is 0. The molecule has 0 amide bonds. The van der Waals surface area contributed by atoms with Crippen molar-refractivity contribution in [3.05, 3.63) is 212 Å². The monoisotopic (exact) mass is 656 g/mol. The summed E-state index contributed by atoms with van der Waals surface area (Å²) in [5.74, 6) is 0. The lowest BCUT2D eigenvalue weighted by atomic mass is 10.0. The van der Waals surface area contributed by atoms with Gasteiger partial charge >= 0.3 is 0 Å². The molecule has 0 aliphatic heterocycles. The Labute approximate surface area is 304 Å². The van der Waals surface area contributed by atoms with E-state index in [1.807, 2.05) is 120 Å². The number of hydrogen-bond donors (Lipinski definition) is 0. The van der Waals surface area contributed by atoms with E-state index in [1.165, 1.54) is 16.7 Å². The largest absolute Gasteiger partial charge is 0.336 e. The Hall–Kier alpha value is -6.64. The van der Waals surface area contributed by atoms with Gasteiger partial charge in [-0.2, -0.15) is 0 Å². The number of nitrogens with zero attached hydrogens (tertiary/aromatic N) is 2. The quantitative estimate of drug-likeness (QED) is 0.158. The van der Waals surface area contributed by atoms with E-state index in [0.717, 1.165) is 44.3 Å². The summed E-state index contributed by atoms with van der Waals surface area (Å²) >= 11 is 0. The first-order chi connectivity index (χ1) is 27.0. The molecule has 1 aromatic heterocycles. The van der Waals surface area contributed by atoms with Gasteiger partial charge in [-0.25, -0.2) is 0 Å². The molecule has 0 atom stereocenters. The van der Waals surface area contributed by atoms with Crippen molar-refractivity contribution in [1.82, 2.24) is 4.57 Å². The van der Waals surface area contributed by atoms with Gasteiger partial charge in [-0.1, -0.05) is 146 Å². The van der Waals surface area contributed by atoms with Crippen molar-refractivity contribution in [2.75, 3.05) is 4.90 Å². The Morgan fingerprint density at radius 1 is 0.373 bits per heavy atom. The van der Waals surface area contributed by atoms with E-state index in [4.69, 9.17) is 0 Å². The Kier molecular flexibility index (Phi) is 6.87. The van der Waals surface area contributed by atoms with E-state index in [9.17, 15) is 5.48 Å². The molecule has 0 unspecified atom stereocenters. The minimum Gasteiger partial charge on any atom is -0.336 e. The number of benzene rings is 8. The lowest BCUT2D eigenvalue weighted by molar-refractivity contribution is 0.869. The summed E-state index contributed by atoms with van der Waals surface area (Å²) in [5.41, 5.74) is 10.3. The van der Waals surface area contributed by atoms with Crippen molar-refractivity contribution in [1.29, 1.82) is 0 Å². The van der Waals surface area contributed by atoms with Crippen LogP contribution in [0.1, 0.15) is 11.0 Å². The molecular formula is C49H36N2. The molecule has 9 aromatic rings. The fraction of sp³-hybridized carbons (Fsp3) is 0.0204. The zero-order chi connectivity index (χ0) is 37.5. The van der Waals surface area contributed by atoms with Crippen LogP contribution in [0.15, 0.2) is 206 Å². The van der Waals surface area contributed by atoms with Crippen LogP contribution in [0, 0.1) is 0 Å². The number of para-hydroxylation sites is 2. The van der Waals surface area contributed by atoms with Gasteiger partial charge in [0.15, 0.2) is 0 Å². The molecule has 0 bridgehead atoms. The molecule has 51 heavy (non-hydrogen) atoms. The van der Waals surface area contributed by atoms with Gasteiger partial charge in [0.2, 0.25) is 0 Å². The van der Waals surface area contributed by atoms with Crippen molar-refractivity contribution < 1.29 is 5.48 Å². The maximum Gasteiger partial charge on any atom is 0.0645 e. The minimum atomic E-state index is -0.106. The fourth-order valence-corrected chi connectivity index (χ4v) is 7.04. The van der Waals surface area contributed by atoms with Gasteiger partial charge in [0, 0.05) is 45.4 Å². The molecule has 0 radical (unpaired) electrons. The van der Waals surface area contributed by atoms with Crippen molar-refractivity contribution in [3.8, 4) is 33.4 Å². The van der Waals surface area contributed by atoms with Gasteiger partial charge in [0.05, 0.1) is 5.48 Å². The molecule has 0 saturated heterocycles. The summed E-state index contributed by atoms with van der Waals surface area (Å²) in [4.78, 5) is 1.83. The molecule has 0 aliphatic rings. The number of aromatic nitrogens is 1. The highest BCUT2D eigenvalue weighted by atomic mass is 15.1. The second-order valence-corrected chi connectivity index (χ2v) is 12.7. The highest BCUT2D eigenvalue weighted by molar-refractivity contribution is 6.09. The predicted octanol–water partition coefficient (Wildman–Crippen LogP) is 13.3. The summed E-state index contributed by atoms with van der Waals surface area (Å²) in [6, 6.07) is 60.7. The van der Waals surface area contributed by atoms with Gasteiger partial charge in [-0.3, -0.25) is 0 Å². The van der Waals surface area contributed by atoms with Crippen molar-refractivity contribution in [2.45, 2.75) is 6.54 Å². The second-order valence-electron chi connectivity index (χ2n) is 12.7. The summed E-state index contributed by atoms with van der Waals surface area (Å²) < 4.78 is 40.0. The molecular weight excluding hydrogens is 617 g/mol. The van der Waals surface area contributed by atoms with E-state index in [-0.39, 0.29) is 35.4 Å². The Balaban J connectivity index is 1.16. The van der Waals surface area contributed by atoms with Crippen LogP contribution in [0.3, 0.4) is 0 Å². The lowest BCUT2D eigenvalue weighted by Crippen LogP contribution is -2.09. The van der Waals surface area contributed by atoms with Gasteiger partial charge < -0.3 is 9.47 Å². The van der Waals surface area contributed by atoms with Crippen molar-refractivity contribution in [3.63, 3.8) is 0 Å². The van der Waals surface area contributed by atoms with Gasteiger partial charge in [-0.15, -0.1) is 0 Å². The Morgan fingerprint density at radius 2 is 0.922 bits per heavy atom. The molecule has 0 spiro atoms. The third kappa shape index (κ3) is 5.98. The average molecular weight is 657 g/mol.